The molecule has 6 nitrogen and oxygen atoms in total. The van der Waals surface area contributed by atoms with Gasteiger partial charge in [0.2, 0.25) is 5.43 Å². The lowest BCUT2D eigenvalue weighted by Gasteiger charge is -2.09. The molecule has 1 N–H and O–H groups in total. The Morgan fingerprint density at radius 2 is 2.20 bits per heavy atom. The average Bonchev–Trinajstić information content (AvgIpc) is 2.41. The first-order valence-electron chi connectivity index (χ1n) is 5.33. The summed E-state index contributed by atoms with van der Waals surface area (Å²) in [7, 11) is 1.10. The van der Waals surface area contributed by atoms with Crippen LogP contribution in [0.4, 0.5) is 4.39 Å². The zero-order valence-electron chi connectivity index (χ0n) is 10.1. The molecule has 2 aromatic rings. The molecule has 0 unspecified atom stereocenters. The number of ether oxygens (including phenoxy) is 2. The maximum absolute atomic E-state index is 13.6. The van der Waals surface area contributed by atoms with Gasteiger partial charge in [0.1, 0.15) is 22.3 Å². The van der Waals surface area contributed by atoms with Gasteiger partial charge in [-0.05, 0) is 12.1 Å². The number of carbonyl (C=O) groups is 1. The minimum Gasteiger partial charge on any atom is -0.465 e. The quantitative estimate of drug-likeness (QED) is 0.878. The van der Waals surface area contributed by atoms with Gasteiger partial charge in [-0.25, -0.2) is 9.18 Å². The van der Waals surface area contributed by atoms with E-state index >= 15 is 0 Å². The fourth-order valence-corrected chi connectivity index (χ4v) is 1.58. The molecule has 1 aromatic heterocycles. The van der Waals surface area contributed by atoms with Crippen LogP contribution in [0.1, 0.15) is 10.4 Å². The van der Waals surface area contributed by atoms with Gasteiger partial charge >= 0.3 is 5.97 Å². The Morgan fingerprint density at radius 3 is 2.85 bits per heavy atom. The molecule has 0 fully saturated rings. The van der Waals surface area contributed by atoms with Crippen molar-refractivity contribution in [2.45, 2.75) is 0 Å². The standard InChI is InChI=1S/C12H8ClFN2O4/c1-19-12(18)10-6(14)3-2-4-8(10)20-11-7(17)5-9(13)15-16-11/h2-5H,1H3,(H,15,17). The first-order valence-corrected chi connectivity index (χ1v) is 5.70. The molecule has 0 radical (unpaired) electrons. The van der Waals surface area contributed by atoms with Crippen molar-refractivity contribution >= 4 is 17.6 Å². The van der Waals surface area contributed by atoms with Gasteiger partial charge in [-0.2, -0.15) is 0 Å². The fourth-order valence-electron chi connectivity index (χ4n) is 1.44. The van der Waals surface area contributed by atoms with E-state index in [9.17, 15) is 14.0 Å². The molecule has 0 amide bonds. The monoisotopic (exact) mass is 298 g/mol. The van der Waals surface area contributed by atoms with Gasteiger partial charge < -0.3 is 9.47 Å². The van der Waals surface area contributed by atoms with Crippen molar-refractivity contribution in [3.63, 3.8) is 0 Å². The van der Waals surface area contributed by atoms with Gasteiger partial charge in [0.05, 0.1) is 7.11 Å². The maximum atomic E-state index is 13.6. The van der Waals surface area contributed by atoms with E-state index in [0.29, 0.717) is 0 Å². The van der Waals surface area contributed by atoms with Crippen molar-refractivity contribution in [2.75, 3.05) is 7.11 Å². The average molecular weight is 299 g/mol. The van der Waals surface area contributed by atoms with E-state index in [-0.39, 0.29) is 16.8 Å². The van der Waals surface area contributed by atoms with Gasteiger partial charge in [-0.3, -0.25) is 9.89 Å². The van der Waals surface area contributed by atoms with Crippen LogP contribution < -0.4 is 10.2 Å². The number of aromatic nitrogens is 2. The lowest BCUT2D eigenvalue weighted by atomic mass is 10.2. The fraction of sp³-hybridized carbons (Fsp3) is 0.0833. The van der Waals surface area contributed by atoms with Crippen LogP contribution in [0.25, 0.3) is 0 Å². The van der Waals surface area contributed by atoms with E-state index in [2.05, 4.69) is 14.9 Å². The highest BCUT2D eigenvalue weighted by atomic mass is 35.5. The Hall–Kier alpha value is -2.41. The molecular formula is C12H8ClFN2O4. The Kier molecular flexibility index (Phi) is 3.99. The summed E-state index contributed by atoms with van der Waals surface area (Å²) in [4.78, 5) is 23.1. The molecule has 0 aliphatic heterocycles. The van der Waals surface area contributed by atoms with E-state index < -0.39 is 22.8 Å². The van der Waals surface area contributed by atoms with Crippen LogP contribution in [0, 0.1) is 5.82 Å². The summed E-state index contributed by atoms with van der Waals surface area (Å²) < 4.78 is 23.2. The largest absolute Gasteiger partial charge is 0.465 e. The molecule has 0 aliphatic rings. The number of benzene rings is 1. The molecule has 20 heavy (non-hydrogen) atoms. The summed E-state index contributed by atoms with van der Waals surface area (Å²) in [6.45, 7) is 0. The molecule has 8 heteroatoms. The van der Waals surface area contributed by atoms with E-state index in [1.54, 1.807) is 0 Å². The highest BCUT2D eigenvalue weighted by Crippen LogP contribution is 2.25. The number of rotatable bonds is 3. The van der Waals surface area contributed by atoms with Crippen molar-refractivity contribution in [3.05, 3.63) is 51.0 Å². The molecule has 1 aromatic carbocycles. The van der Waals surface area contributed by atoms with E-state index in [1.807, 2.05) is 0 Å². The second kappa shape index (κ2) is 5.70. The Morgan fingerprint density at radius 1 is 1.45 bits per heavy atom. The maximum Gasteiger partial charge on any atom is 0.344 e. The smallest absolute Gasteiger partial charge is 0.344 e. The number of esters is 1. The van der Waals surface area contributed by atoms with Gasteiger partial charge in [0.15, 0.2) is 0 Å². The third-order valence-electron chi connectivity index (χ3n) is 2.30. The first kappa shape index (κ1) is 14.0. The summed E-state index contributed by atoms with van der Waals surface area (Å²) in [5.74, 6) is -2.31. The lowest BCUT2D eigenvalue weighted by molar-refractivity contribution is 0.0592. The normalized spacial score (nSPS) is 10.2. The molecule has 0 spiro atoms. The molecule has 2 rings (SSSR count). The Labute approximate surface area is 117 Å². The lowest BCUT2D eigenvalue weighted by Crippen LogP contribution is -2.11. The predicted octanol–water partition coefficient (Wildman–Crippen LogP) is 2.14. The molecule has 0 bridgehead atoms. The topological polar surface area (TPSA) is 81.3 Å². The number of hydrogen-bond donors (Lipinski definition) is 1. The van der Waals surface area contributed by atoms with Crippen LogP contribution >= 0.6 is 11.6 Å². The van der Waals surface area contributed by atoms with Gasteiger partial charge in [-0.15, -0.1) is 5.10 Å². The number of aromatic amines is 1. The molecular weight excluding hydrogens is 291 g/mol. The third-order valence-corrected chi connectivity index (χ3v) is 2.50. The van der Waals surface area contributed by atoms with Gasteiger partial charge in [-0.1, -0.05) is 17.7 Å². The summed E-state index contributed by atoms with van der Waals surface area (Å²) >= 11 is 5.54. The second-order valence-electron chi connectivity index (χ2n) is 3.59. The molecule has 0 saturated carbocycles. The van der Waals surface area contributed by atoms with Gasteiger partial charge in [0.25, 0.3) is 5.88 Å². The van der Waals surface area contributed by atoms with Crippen LogP contribution in [-0.2, 0) is 4.74 Å². The highest BCUT2D eigenvalue weighted by molar-refractivity contribution is 6.29. The third kappa shape index (κ3) is 2.77. The summed E-state index contributed by atoms with van der Waals surface area (Å²) in [5, 5.41) is 5.90. The van der Waals surface area contributed by atoms with Gasteiger partial charge in [0, 0.05) is 6.07 Å². The first-order chi connectivity index (χ1) is 9.52. The number of halogens is 2. The van der Waals surface area contributed by atoms with Crippen LogP contribution in [0.15, 0.2) is 29.1 Å². The minimum atomic E-state index is -0.927. The van der Waals surface area contributed by atoms with Crippen LogP contribution in [0.3, 0.4) is 0 Å². The Balaban J connectivity index is 2.46. The van der Waals surface area contributed by atoms with Crippen molar-refractivity contribution in [3.8, 4) is 11.6 Å². The number of methoxy groups -OCH3 is 1. The van der Waals surface area contributed by atoms with Crippen LogP contribution in [0.2, 0.25) is 5.15 Å². The number of nitrogens with zero attached hydrogens (tertiary/aromatic N) is 1. The van der Waals surface area contributed by atoms with E-state index in [0.717, 1.165) is 19.2 Å². The molecule has 104 valence electrons. The SMILES string of the molecule is COC(=O)c1c(F)cccc1Oc1n[nH]c(Cl)cc1=O. The zero-order valence-corrected chi connectivity index (χ0v) is 10.9. The van der Waals surface area contributed by atoms with E-state index in [1.165, 1.54) is 12.1 Å². The van der Waals surface area contributed by atoms with Crippen LogP contribution in [0.5, 0.6) is 11.6 Å². The van der Waals surface area contributed by atoms with E-state index in [4.69, 9.17) is 16.3 Å². The van der Waals surface area contributed by atoms with Crippen molar-refractivity contribution in [1.82, 2.24) is 10.2 Å². The minimum absolute atomic E-state index is 0.0229. The second-order valence-corrected chi connectivity index (χ2v) is 4.00. The Bertz CT molecular complexity index is 717. The molecule has 0 atom stereocenters. The molecule has 1 heterocycles. The summed E-state index contributed by atoms with van der Waals surface area (Å²) in [6, 6.07) is 4.74. The number of nitrogens with one attached hydrogen (secondary N) is 1. The number of hydrogen-bond acceptors (Lipinski definition) is 5. The van der Waals surface area contributed by atoms with Crippen molar-refractivity contribution in [1.29, 1.82) is 0 Å². The molecule has 0 aliphatic carbocycles. The zero-order chi connectivity index (χ0) is 14.7. The number of carbonyl (C=O) groups excluding carboxylic acids is 1. The summed E-state index contributed by atoms with van der Waals surface area (Å²) in [5.41, 5.74) is -1.04. The van der Waals surface area contributed by atoms with Crippen LogP contribution in [-0.4, -0.2) is 23.3 Å². The highest BCUT2D eigenvalue weighted by Gasteiger charge is 2.20. The summed E-state index contributed by atoms with van der Waals surface area (Å²) in [6.07, 6.45) is 0. The van der Waals surface area contributed by atoms with Crippen molar-refractivity contribution in [2.24, 2.45) is 0 Å². The number of H-pyrrole nitrogens is 1. The van der Waals surface area contributed by atoms with Crippen molar-refractivity contribution < 1.29 is 18.7 Å². The predicted molar refractivity (Wildman–Crippen MR) is 67.7 cm³/mol. The molecule has 0 saturated heterocycles.